The highest BCUT2D eigenvalue weighted by atomic mass is 32.2. The molecule has 0 spiro atoms. The van der Waals surface area contributed by atoms with Crippen molar-refractivity contribution in [3.05, 3.63) is 35.4 Å². The minimum absolute atomic E-state index is 0.00218. The molecule has 2 N–H and O–H groups in total. The number of amides is 2. The summed E-state index contributed by atoms with van der Waals surface area (Å²) in [5, 5.41) is 5.03. The molecule has 8 heteroatoms. The number of aryl methyl sites for hydroxylation is 1. The zero-order valence-corrected chi connectivity index (χ0v) is 14.9. The van der Waals surface area contributed by atoms with Gasteiger partial charge in [-0.25, -0.2) is 8.42 Å². The largest absolute Gasteiger partial charge is 0.351 e. The Labute approximate surface area is 147 Å². The SMILES string of the molecule is Cc1ccc(C(=O)CCC(=O)NCC(=O)NC2CCS(=O)(=O)C2)cc1. The summed E-state index contributed by atoms with van der Waals surface area (Å²) < 4.78 is 22.6. The summed E-state index contributed by atoms with van der Waals surface area (Å²) in [4.78, 5) is 35.4. The molecule has 1 aliphatic heterocycles. The van der Waals surface area contributed by atoms with Gasteiger partial charge in [-0.3, -0.25) is 14.4 Å². The zero-order chi connectivity index (χ0) is 18.4. The maximum Gasteiger partial charge on any atom is 0.239 e. The van der Waals surface area contributed by atoms with Gasteiger partial charge in [-0.1, -0.05) is 29.8 Å². The minimum Gasteiger partial charge on any atom is -0.351 e. The molecule has 1 atom stereocenters. The molecule has 1 unspecified atom stereocenters. The molecule has 0 aliphatic carbocycles. The van der Waals surface area contributed by atoms with Crippen LogP contribution in [0.2, 0.25) is 0 Å². The number of carbonyl (C=O) groups excluding carboxylic acids is 3. The Balaban J connectivity index is 1.67. The lowest BCUT2D eigenvalue weighted by atomic mass is 10.1. The summed E-state index contributed by atoms with van der Waals surface area (Å²) in [5.41, 5.74) is 1.61. The van der Waals surface area contributed by atoms with Gasteiger partial charge in [-0.2, -0.15) is 0 Å². The van der Waals surface area contributed by atoms with Crippen molar-refractivity contribution >= 4 is 27.4 Å². The van der Waals surface area contributed by atoms with E-state index in [0.717, 1.165) is 5.56 Å². The van der Waals surface area contributed by atoms with Crippen LogP contribution in [0.25, 0.3) is 0 Å². The van der Waals surface area contributed by atoms with E-state index < -0.39 is 27.7 Å². The van der Waals surface area contributed by atoms with Crippen LogP contribution in [0, 0.1) is 6.92 Å². The predicted octanol–water partition coefficient (Wildman–Crippen LogP) is 0.377. The van der Waals surface area contributed by atoms with Crippen LogP contribution >= 0.6 is 0 Å². The molecule has 1 aromatic carbocycles. The van der Waals surface area contributed by atoms with Crippen LogP contribution in [0.4, 0.5) is 0 Å². The highest BCUT2D eigenvalue weighted by Gasteiger charge is 2.28. The fourth-order valence-corrected chi connectivity index (χ4v) is 4.24. The quantitative estimate of drug-likeness (QED) is 0.678. The number of hydrogen-bond acceptors (Lipinski definition) is 5. The molecular weight excluding hydrogens is 344 g/mol. The number of carbonyl (C=O) groups is 3. The number of nitrogens with one attached hydrogen (secondary N) is 2. The lowest BCUT2D eigenvalue weighted by Gasteiger charge is -2.11. The van der Waals surface area contributed by atoms with Gasteiger partial charge in [0, 0.05) is 24.4 Å². The van der Waals surface area contributed by atoms with E-state index in [2.05, 4.69) is 10.6 Å². The number of rotatable bonds is 7. The van der Waals surface area contributed by atoms with E-state index in [1.165, 1.54) is 0 Å². The first kappa shape index (κ1) is 19.1. The fourth-order valence-electron chi connectivity index (χ4n) is 2.57. The Morgan fingerprint density at radius 2 is 1.76 bits per heavy atom. The number of ketones is 1. The molecule has 2 amide bonds. The molecule has 1 saturated heterocycles. The van der Waals surface area contributed by atoms with Gasteiger partial charge in [0.15, 0.2) is 15.6 Å². The topological polar surface area (TPSA) is 109 Å². The minimum atomic E-state index is -3.06. The van der Waals surface area contributed by atoms with Gasteiger partial charge in [-0.05, 0) is 13.3 Å². The average molecular weight is 366 g/mol. The van der Waals surface area contributed by atoms with Crippen LogP contribution in [-0.2, 0) is 19.4 Å². The number of sulfone groups is 1. The summed E-state index contributed by atoms with van der Waals surface area (Å²) >= 11 is 0. The Bertz CT molecular complexity index is 756. The van der Waals surface area contributed by atoms with Crippen LogP contribution in [-0.4, -0.2) is 50.1 Å². The monoisotopic (exact) mass is 366 g/mol. The Morgan fingerprint density at radius 3 is 2.36 bits per heavy atom. The lowest BCUT2D eigenvalue weighted by Crippen LogP contribution is -2.42. The molecule has 1 heterocycles. The Hall–Kier alpha value is -2.22. The standard InChI is InChI=1S/C17H22N2O5S/c1-12-2-4-13(5-3-12)15(20)6-7-16(21)18-10-17(22)19-14-8-9-25(23,24)11-14/h2-5,14H,6-11H2,1H3,(H,18,21)(H,19,22). The molecule has 1 fully saturated rings. The lowest BCUT2D eigenvalue weighted by molar-refractivity contribution is -0.126. The first-order valence-corrected chi connectivity index (χ1v) is 9.94. The molecule has 0 radical (unpaired) electrons. The third-order valence-corrected chi connectivity index (χ3v) is 5.76. The molecule has 1 aliphatic rings. The maximum atomic E-state index is 12.0. The fraction of sp³-hybridized carbons (Fsp3) is 0.471. The van der Waals surface area contributed by atoms with E-state index >= 15 is 0 Å². The molecule has 0 bridgehead atoms. The highest BCUT2D eigenvalue weighted by Crippen LogP contribution is 2.11. The third-order valence-electron chi connectivity index (χ3n) is 4.00. The smallest absolute Gasteiger partial charge is 0.239 e. The van der Waals surface area contributed by atoms with Crippen molar-refractivity contribution < 1.29 is 22.8 Å². The van der Waals surface area contributed by atoms with Gasteiger partial charge in [0.1, 0.15) is 0 Å². The molecule has 136 valence electrons. The second kappa shape index (κ2) is 8.24. The van der Waals surface area contributed by atoms with Crippen LogP contribution in [0.1, 0.15) is 35.2 Å². The third kappa shape index (κ3) is 6.30. The van der Waals surface area contributed by atoms with E-state index in [1.54, 1.807) is 12.1 Å². The zero-order valence-electron chi connectivity index (χ0n) is 14.1. The van der Waals surface area contributed by atoms with E-state index in [-0.39, 0.29) is 36.7 Å². The molecule has 0 aromatic heterocycles. The average Bonchev–Trinajstić information content (AvgIpc) is 2.90. The molecule has 7 nitrogen and oxygen atoms in total. The molecule has 1 aromatic rings. The van der Waals surface area contributed by atoms with E-state index in [0.29, 0.717) is 12.0 Å². The summed E-state index contributed by atoms with van der Waals surface area (Å²) in [6.45, 7) is 1.70. The predicted molar refractivity (Wildman–Crippen MR) is 93.0 cm³/mol. The van der Waals surface area contributed by atoms with Crippen LogP contribution in [0.15, 0.2) is 24.3 Å². The highest BCUT2D eigenvalue weighted by molar-refractivity contribution is 7.91. The van der Waals surface area contributed by atoms with Crippen LogP contribution in [0.3, 0.4) is 0 Å². The van der Waals surface area contributed by atoms with E-state index in [9.17, 15) is 22.8 Å². The van der Waals surface area contributed by atoms with Crippen molar-refractivity contribution in [1.29, 1.82) is 0 Å². The van der Waals surface area contributed by atoms with Crippen molar-refractivity contribution in [3.63, 3.8) is 0 Å². The number of benzene rings is 1. The van der Waals surface area contributed by atoms with Crippen molar-refractivity contribution in [3.8, 4) is 0 Å². The number of hydrogen-bond donors (Lipinski definition) is 2. The second-order valence-electron chi connectivity index (χ2n) is 6.23. The van der Waals surface area contributed by atoms with Crippen molar-refractivity contribution in [2.24, 2.45) is 0 Å². The summed E-state index contributed by atoms with van der Waals surface area (Å²) in [6.07, 6.45) is 0.461. The molecule has 2 rings (SSSR count). The van der Waals surface area contributed by atoms with Gasteiger partial charge in [0.25, 0.3) is 0 Å². The summed E-state index contributed by atoms with van der Waals surface area (Å²) in [5.74, 6) is -0.936. The van der Waals surface area contributed by atoms with Crippen molar-refractivity contribution in [2.75, 3.05) is 18.1 Å². The normalized spacial score (nSPS) is 18.5. The van der Waals surface area contributed by atoms with Gasteiger partial charge in [0.2, 0.25) is 11.8 Å². The van der Waals surface area contributed by atoms with E-state index in [4.69, 9.17) is 0 Å². The second-order valence-corrected chi connectivity index (χ2v) is 8.46. The van der Waals surface area contributed by atoms with Gasteiger partial charge in [0.05, 0.1) is 18.1 Å². The van der Waals surface area contributed by atoms with Crippen LogP contribution in [0.5, 0.6) is 0 Å². The first-order valence-electron chi connectivity index (χ1n) is 8.11. The molecule has 0 saturated carbocycles. The summed E-state index contributed by atoms with van der Waals surface area (Å²) in [7, 11) is -3.06. The van der Waals surface area contributed by atoms with Gasteiger partial charge < -0.3 is 10.6 Å². The van der Waals surface area contributed by atoms with E-state index in [1.807, 2.05) is 19.1 Å². The molecule has 25 heavy (non-hydrogen) atoms. The van der Waals surface area contributed by atoms with Crippen LogP contribution < -0.4 is 10.6 Å². The maximum absolute atomic E-state index is 12.0. The van der Waals surface area contributed by atoms with Gasteiger partial charge in [-0.15, -0.1) is 0 Å². The van der Waals surface area contributed by atoms with Gasteiger partial charge >= 0.3 is 0 Å². The number of Topliss-reactive ketones (excluding diaryl/α,β-unsaturated/α-hetero) is 1. The molecular formula is C17H22N2O5S. The Morgan fingerprint density at radius 1 is 1.08 bits per heavy atom. The Kier molecular flexibility index (Phi) is 6.30. The van der Waals surface area contributed by atoms with Crippen molar-refractivity contribution in [1.82, 2.24) is 10.6 Å². The first-order chi connectivity index (χ1) is 11.7. The van der Waals surface area contributed by atoms with Crippen molar-refractivity contribution in [2.45, 2.75) is 32.2 Å². The summed E-state index contributed by atoms with van der Waals surface area (Å²) in [6, 6.07) is 6.72.